The van der Waals surface area contributed by atoms with Crippen LogP contribution in [0.1, 0.15) is 20.8 Å². The van der Waals surface area contributed by atoms with Gasteiger partial charge in [-0.05, 0) is 54.6 Å². The van der Waals surface area contributed by atoms with Gasteiger partial charge in [-0.3, -0.25) is 9.52 Å². The molecule has 0 fully saturated rings. The van der Waals surface area contributed by atoms with Crippen molar-refractivity contribution >= 4 is 33.0 Å². The molecule has 0 atom stereocenters. The third kappa shape index (κ3) is 6.15. The number of sulfonamides is 1. The number of rotatable bonds is 7. The Morgan fingerprint density at radius 3 is 2.08 bits per heavy atom. The van der Waals surface area contributed by atoms with Crippen LogP contribution in [0.25, 0.3) is 22.9 Å². The van der Waals surface area contributed by atoms with Crippen molar-refractivity contribution in [2.75, 3.05) is 29.0 Å². The van der Waals surface area contributed by atoms with Crippen LogP contribution in [0, 0.1) is 5.41 Å². The van der Waals surface area contributed by atoms with Gasteiger partial charge in [-0.25, -0.2) is 8.42 Å². The summed E-state index contributed by atoms with van der Waals surface area (Å²) in [5, 5.41) is 11.1. The predicted molar refractivity (Wildman–Crippen MR) is 145 cm³/mol. The molecule has 4 rings (SSSR count). The fourth-order valence-corrected chi connectivity index (χ4v) is 4.46. The van der Waals surface area contributed by atoms with Crippen molar-refractivity contribution in [1.82, 2.24) is 10.2 Å². The molecule has 0 bridgehead atoms. The summed E-state index contributed by atoms with van der Waals surface area (Å²) in [6, 6.07) is 20.5. The average molecular weight is 520 g/mol. The number of benzene rings is 3. The Morgan fingerprint density at radius 2 is 1.43 bits per heavy atom. The fraction of sp³-hybridized carbons (Fsp3) is 0.222. The standard InChI is InChI=1S/C27H29N5O4S/c1-27(2,3)26(33)28-20-11-8-12-21(17-20)31-37(34,35)23-14-7-10-19(16-23)25-30-29-24(36-25)18-9-6-13-22(15-18)32(4)5/h6-17,31H,1-5H3,(H,28,33). The van der Waals surface area contributed by atoms with Gasteiger partial charge >= 0.3 is 0 Å². The molecule has 1 aromatic heterocycles. The van der Waals surface area contributed by atoms with E-state index in [0.717, 1.165) is 11.3 Å². The van der Waals surface area contributed by atoms with E-state index in [1.54, 1.807) is 57.2 Å². The number of hydrogen-bond donors (Lipinski definition) is 2. The Bertz CT molecular complexity index is 1540. The maximum Gasteiger partial charge on any atom is 0.261 e. The van der Waals surface area contributed by atoms with E-state index in [2.05, 4.69) is 20.2 Å². The van der Waals surface area contributed by atoms with Crippen LogP contribution in [0.3, 0.4) is 0 Å². The average Bonchev–Trinajstić information content (AvgIpc) is 3.34. The molecule has 192 valence electrons. The van der Waals surface area contributed by atoms with Gasteiger partial charge in [0, 0.05) is 42.0 Å². The van der Waals surface area contributed by atoms with Crippen LogP contribution in [0.15, 0.2) is 82.1 Å². The molecule has 2 N–H and O–H groups in total. The molecule has 0 aliphatic heterocycles. The van der Waals surface area contributed by atoms with Crippen molar-refractivity contribution in [2.45, 2.75) is 25.7 Å². The zero-order valence-corrected chi connectivity index (χ0v) is 22.1. The minimum absolute atomic E-state index is 0.0310. The van der Waals surface area contributed by atoms with E-state index in [1.807, 2.05) is 43.3 Å². The molecule has 0 spiro atoms. The Labute approximate surface area is 216 Å². The first-order valence-electron chi connectivity index (χ1n) is 11.6. The summed E-state index contributed by atoms with van der Waals surface area (Å²) in [5.41, 5.74) is 2.44. The van der Waals surface area contributed by atoms with Crippen LogP contribution in [-0.4, -0.2) is 38.6 Å². The highest BCUT2D eigenvalue weighted by molar-refractivity contribution is 7.92. The number of carbonyl (C=O) groups excluding carboxylic acids is 1. The monoisotopic (exact) mass is 519 g/mol. The number of amides is 1. The van der Waals surface area contributed by atoms with Crippen molar-refractivity contribution < 1.29 is 17.6 Å². The van der Waals surface area contributed by atoms with E-state index in [0.29, 0.717) is 22.8 Å². The van der Waals surface area contributed by atoms with Crippen molar-refractivity contribution in [3.05, 3.63) is 72.8 Å². The van der Waals surface area contributed by atoms with Crippen LogP contribution in [-0.2, 0) is 14.8 Å². The number of hydrogen-bond acceptors (Lipinski definition) is 7. The Hall–Kier alpha value is -4.18. The first-order chi connectivity index (χ1) is 17.4. The Balaban J connectivity index is 1.56. The minimum Gasteiger partial charge on any atom is -0.416 e. The first kappa shape index (κ1) is 25.9. The number of aromatic nitrogens is 2. The summed E-state index contributed by atoms with van der Waals surface area (Å²) in [6.07, 6.45) is 0. The molecule has 0 aliphatic rings. The molecule has 0 saturated carbocycles. The molecule has 4 aromatic rings. The summed E-state index contributed by atoms with van der Waals surface area (Å²) in [7, 11) is -0.0541. The second-order valence-electron chi connectivity index (χ2n) is 9.78. The fourth-order valence-electron chi connectivity index (χ4n) is 3.36. The van der Waals surface area contributed by atoms with Gasteiger partial charge in [0.05, 0.1) is 10.6 Å². The molecule has 0 unspecified atom stereocenters. The lowest BCUT2D eigenvalue weighted by molar-refractivity contribution is -0.123. The smallest absolute Gasteiger partial charge is 0.261 e. The van der Waals surface area contributed by atoms with Crippen LogP contribution in [0.4, 0.5) is 17.1 Å². The van der Waals surface area contributed by atoms with Crippen molar-refractivity contribution in [1.29, 1.82) is 0 Å². The third-order valence-electron chi connectivity index (χ3n) is 5.48. The lowest BCUT2D eigenvalue weighted by atomic mass is 9.95. The molecule has 0 radical (unpaired) electrons. The predicted octanol–water partition coefficient (Wildman–Crippen LogP) is 5.26. The van der Waals surface area contributed by atoms with Gasteiger partial charge in [-0.15, -0.1) is 10.2 Å². The van der Waals surface area contributed by atoms with Crippen molar-refractivity contribution in [2.24, 2.45) is 5.41 Å². The third-order valence-corrected chi connectivity index (χ3v) is 6.86. The van der Waals surface area contributed by atoms with Gasteiger partial charge in [0.15, 0.2) is 0 Å². The molecule has 9 nitrogen and oxygen atoms in total. The van der Waals surface area contributed by atoms with E-state index in [1.165, 1.54) is 12.1 Å². The molecule has 0 aliphatic carbocycles. The van der Waals surface area contributed by atoms with Gasteiger partial charge in [-0.1, -0.05) is 39.0 Å². The van der Waals surface area contributed by atoms with Crippen molar-refractivity contribution in [3.63, 3.8) is 0 Å². The summed E-state index contributed by atoms with van der Waals surface area (Å²) >= 11 is 0. The maximum atomic E-state index is 13.1. The molecule has 1 heterocycles. The Kier molecular flexibility index (Phi) is 7.04. The SMILES string of the molecule is CN(C)c1cccc(-c2nnc(-c3cccc(S(=O)(=O)Nc4cccc(NC(=O)C(C)(C)C)c4)c3)o2)c1. The highest BCUT2D eigenvalue weighted by Gasteiger charge is 2.22. The topological polar surface area (TPSA) is 117 Å². The second-order valence-corrected chi connectivity index (χ2v) is 11.5. The van der Waals surface area contributed by atoms with Gasteiger partial charge in [-0.2, -0.15) is 0 Å². The number of nitrogens with zero attached hydrogens (tertiary/aromatic N) is 3. The van der Waals surface area contributed by atoms with E-state index < -0.39 is 15.4 Å². The molecular formula is C27H29N5O4S. The quantitative estimate of drug-likeness (QED) is 0.342. The van der Waals surface area contributed by atoms with Gasteiger partial charge in [0.25, 0.3) is 10.0 Å². The molecule has 37 heavy (non-hydrogen) atoms. The first-order valence-corrected chi connectivity index (χ1v) is 13.1. The maximum absolute atomic E-state index is 13.1. The van der Waals surface area contributed by atoms with E-state index in [4.69, 9.17) is 4.42 Å². The van der Waals surface area contributed by atoms with E-state index in [-0.39, 0.29) is 16.7 Å². The lowest BCUT2D eigenvalue weighted by Crippen LogP contribution is -2.27. The highest BCUT2D eigenvalue weighted by atomic mass is 32.2. The summed E-state index contributed by atoms with van der Waals surface area (Å²) in [4.78, 5) is 14.3. The van der Waals surface area contributed by atoms with Gasteiger partial charge in [0.2, 0.25) is 17.7 Å². The molecular weight excluding hydrogens is 490 g/mol. The normalized spacial score (nSPS) is 11.7. The number of carbonyl (C=O) groups is 1. The van der Waals surface area contributed by atoms with E-state index >= 15 is 0 Å². The van der Waals surface area contributed by atoms with E-state index in [9.17, 15) is 13.2 Å². The Morgan fingerprint density at radius 1 is 0.838 bits per heavy atom. The van der Waals surface area contributed by atoms with Gasteiger partial charge in [0.1, 0.15) is 0 Å². The zero-order valence-electron chi connectivity index (χ0n) is 21.3. The van der Waals surface area contributed by atoms with Crippen LogP contribution >= 0.6 is 0 Å². The summed E-state index contributed by atoms with van der Waals surface area (Å²) < 4.78 is 34.7. The number of anilines is 3. The van der Waals surface area contributed by atoms with Crippen LogP contribution < -0.4 is 14.9 Å². The highest BCUT2D eigenvalue weighted by Crippen LogP contribution is 2.28. The largest absolute Gasteiger partial charge is 0.416 e. The van der Waals surface area contributed by atoms with Crippen LogP contribution in [0.2, 0.25) is 0 Å². The minimum atomic E-state index is -3.94. The lowest BCUT2D eigenvalue weighted by Gasteiger charge is -2.18. The molecule has 1 amide bonds. The second kappa shape index (κ2) is 10.1. The van der Waals surface area contributed by atoms with Crippen LogP contribution in [0.5, 0.6) is 0 Å². The molecule has 0 saturated heterocycles. The summed E-state index contributed by atoms with van der Waals surface area (Å²) in [5.74, 6) is 0.362. The molecule has 10 heteroatoms. The van der Waals surface area contributed by atoms with Gasteiger partial charge < -0.3 is 14.6 Å². The number of nitrogens with one attached hydrogen (secondary N) is 2. The molecule has 3 aromatic carbocycles. The summed E-state index contributed by atoms with van der Waals surface area (Å²) in [6.45, 7) is 5.40. The van der Waals surface area contributed by atoms with Crippen molar-refractivity contribution in [3.8, 4) is 22.9 Å². The zero-order chi connectivity index (χ0) is 26.8.